The first-order valence-electron chi connectivity index (χ1n) is 8.58. The zero-order chi connectivity index (χ0) is 16.2. The van der Waals surface area contributed by atoms with Gasteiger partial charge in [0.05, 0.1) is 6.54 Å². The molecule has 0 unspecified atom stereocenters. The molecule has 23 heavy (non-hydrogen) atoms. The van der Waals surface area contributed by atoms with Crippen LogP contribution in [0.5, 0.6) is 0 Å². The number of imidazole rings is 1. The Labute approximate surface area is 139 Å². The normalized spacial score (nSPS) is 22.6. The first-order valence-corrected chi connectivity index (χ1v) is 8.58. The van der Waals surface area contributed by atoms with E-state index < -0.39 is 0 Å². The molecule has 1 aromatic heterocycles. The molecule has 124 valence electrons. The van der Waals surface area contributed by atoms with Crippen molar-refractivity contribution in [1.29, 1.82) is 0 Å². The number of aromatic nitrogens is 2. The molecule has 1 aliphatic heterocycles. The molecule has 4 nitrogen and oxygen atoms in total. The van der Waals surface area contributed by atoms with E-state index in [1.807, 2.05) is 12.4 Å². The second kappa shape index (κ2) is 7.28. The lowest BCUT2D eigenvalue weighted by molar-refractivity contribution is 0.0757. The van der Waals surface area contributed by atoms with Gasteiger partial charge in [-0.2, -0.15) is 0 Å². The van der Waals surface area contributed by atoms with Gasteiger partial charge in [-0.3, -0.25) is 9.80 Å². The van der Waals surface area contributed by atoms with Crippen molar-refractivity contribution >= 4 is 0 Å². The quantitative estimate of drug-likeness (QED) is 0.848. The fraction of sp³-hybridized carbons (Fsp3) is 0.526. The fourth-order valence-corrected chi connectivity index (χ4v) is 3.55. The van der Waals surface area contributed by atoms with Crippen LogP contribution in [0.15, 0.2) is 42.7 Å². The van der Waals surface area contributed by atoms with E-state index in [2.05, 4.69) is 70.7 Å². The maximum Gasteiger partial charge on any atom is 0.122 e. The van der Waals surface area contributed by atoms with E-state index in [0.717, 1.165) is 18.9 Å². The van der Waals surface area contributed by atoms with Gasteiger partial charge < -0.3 is 4.57 Å². The van der Waals surface area contributed by atoms with Crippen molar-refractivity contribution in [2.75, 3.05) is 13.6 Å². The second-order valence-electron chi connectivity index (χ2n) is 6.85. The van der Waals surface area contributed by atoms with Crippen molar-refractivity contribution in [2.24, 2.45) is 7.05 Å². The van der Waals surface area contributed by atoms with Gasteiger partial charge in [0.1, 0.15) is 5.82 Å². The Kier molecular flexibility index (Phi) is 5.13. The van der Waals surface area contributed by atoms with E-state index in [4.69, 9.17) is 0 Å². The second-order valence-corrected chi connectivity index (χ2v) is 6.85. The summed E-state index contributed by atoms with van der Waals surface area (Å²) in [7, 11) is 4.31. The van der Waals surface area contributed by atoms with Crippen LogP contribution >= 0.6 is 0 Å². The van der Waals surface area contributed by atoms with Gasteiger partial charge in [0.25, 0.3) is 0 Å². The molecular weight excluding hydrogens is 284 g/mol. The highest BCUT2D eigenvalue weighted by atomic mass is 15.2. The van der Waals surface area contributed by atoms with E-state index in [1.54, 1.807) is 0 Å². The van der Waals surface area contributed by atoms with Crippen molar-refractivity contribution in [3.05, 3.63) is 54.1 Å². The Morgan fingerprint density at radius 3 is 2.70 bits per heavy atom. The van der Waals surface area contributed by atoms with Gasteiger partial charge in [-0.15, -0.1) is 0 Å². The topological polar surface area (TPSA) is 24.3 Å². The summed E-state index contributed by atoms with van der Waals surface area (Å²) in [5, 5.41) is 0. The third-order valence-corrected chi connectivity index (χ3v) is 5.15. The lowest BCUT2D eigenvalue weighted by Gasteiger charge is -2.41. The number of likely N-dealkylation sites (tertiary alicyclic amines) is 1. The van der Waals surface area contributed by atoms with Gasteiger partial charge in [0, 0.05) is 44.6 Å². The number of aryl methyl sites for hydroxylation is 1. The summed E-state index contributed by atoms with van der Waals surface area (Å²) in [6.07, 6.45) is 6.37. The zero-order valence-electron chi connectivity index (χ0n) is 14.5. The predicted octanol–water partition coefficient (Wildman–Crippen LogP) is 2.91. The summed E-state index contributed by atoms with van der Waals surface area (Å²) in [5.74, 6) is 1.15. The molecule has 0 amide bonds. The number of benzene rings is 1. The molecule has 0 bridgehead atoms. The molecule has 2 aromatic rings. The minimum Gasteiger partial charge on any atom is -0.337 e. The number of rotatable bonds is 5. The van der Waals surface area contributed by atoms with Crippen LogP contribution in [-0.4, -0.2) is 45.0 Å². The SMILES string of the molecule is C[C@@H]1C[C@@H](N(C)Cc2nccn2C)CCN1Cc1ccccc1. The summed E-state index contributed by atoms with van der Waals surface area (Å²) in [5.41, 5.74) is 1.42. The Morgan fingerprint density at radius 2 is 2.04 bits per heavy atom. The molecule has 1 aromatic carbocycles. The van der Waals surface area contributed by atoms with Gasteiger partial charge in [0.2, 0.25) is 0 Å². The first-order chi connectivity index (χ1) is 11.1. The molecule has 0 radical (unpaired) electrons. The van der Waals surface area contributed by atoms with Crippen LogP contribution in [0.25, 0.3) is 0 Å². The van der Waals surface area contributed by atoms with Crippen LogP contribution in [0.3, 0.4) is 0 Å². The third kappa shape index (κ3) is 4.01. The van der Waals surface area contributed by atoms with Crippen molar-refractivity contribution < 1.29 is 0 Å². The number of hydrogen-bond donors (Lipinski definition) is 0. The van der Waals surface area contributed by atoms with E-state index >= 15 is 0 Å². The first kappa shape index (κ1) is 16.2. The number of hydrogen-bond acceptors (Lipinski definition) is 3. The average Bonchev–Trinajstić information content (AvgIpc) is 2.95. The van der Waals surface area contributed by atoms with E-state index in [9.17, 15) is 0 Å². The lowest BCUT2D eigenvalue weighted by Crippen LogP contribution is -2.47. The molecule has 3 rings (SSSR count). The molecule has 0 N–H and O–H groups in total. The Morgan fingerprint density at radius 1 is 1.26 bits per heavy atom. The largest absolute Gasteiger partial charge is 0.337 e. The Bertz CT molecular complexity index is 607. The maximum absolute atomic E-state index is 4.45. The molecule has 0 aliphatic carbocycles. The summed E-state index contributed by atoms with van der Waals surface area (Å²) >= 11 is 0. The number of nitrogens with zero attached hydrogens (tertiary/aromatic N) is 4. The van der Waals surface area contributed by atoms with Crippen LogP contribution in [0.2, 0.25) is 0 Å². The molecule has 2 atom stereocenters. The molecule has 4 heteroatoms. The van der Waals surface area contributed by atoms with Crippen LogP contribution < -0.4 is 0 Å². The van der Waals surface area contributed by atoms with Gasteiger partial charge >= 0.3 is 0 Å². The van der Waals surface area contributed by atoms with Gasteiger partial charge in [0.15, 0.2) is 0 Å². The molecule has 0 saturated carbocycles. The van der Waals surface area contributed by atoms with Crippen LogP contribution in [0, 0.1) is 0 Å². The van der Waals surface area contributed by atoms with Crippen molar-refractivity contribution in [1.82, 2.24) is 19.4 Å². The Balaban J connectivity index is 1.54. The van der Waals surface area contributed by atoms with Crippen molar-refractivity contribution in [3.63, 3.8) is 0 Å². The van der Waals surface area contributed by atoms with Gasteiger partial charge in [-0.05, 0) is 32.4 Å². The molecule has 0 spiro atoms. The monoisotopic (exact) mass is 312 g/mol. The molecular formula is C19H28N4. The van der Waals surface area contributed by atoms with Crippen LogP contribution in [-0.2, 0) is 20.1 Å². The predicted molar refractivity (Wildman–Crippen MR) is 94.0 cm³/mol. The summed E-state index contributed by atoms with van der Waals surface area (Å²) < 4.78 is 2.12. The van der Waals surface area contributed by atoms with Crippen LogP contribution in [0.4, 0.5) is 0 Å². The van der Waals surface area contributed by atoms with E-state index in [0.29, 0.717) is 12.1 Å². The standard InChI is InChI=1S/C19H28N4/c1-16-13-18(22(3)15-19-20-10-12-21(19)2)9-11-23(16)14-17-7-5-4-6-8-17/h4-8,10,12,16,18H,9,11,13-15H2,1-3H3/t16-,18+/m1/s1. The molecule has 2 heterocycles. The zero-order valence-corrected chi connectivity index (χ0v) is 14.5. The van der Waals surface area contributed by atoms with E-state index in [-0.39, 0.29) is 0 Å². The molecule has 1 saturated heterocycles. The summed E-state index contributed by atoms with van der Waals surface area (Å²) in [4.78, 5) is 9.53. The van der Waals surface area contributed by atoms with Crippen LogP contribution in [0.1, 0.15) is 31.2 Å². The highest BCUT2D eigenvalue weighted by Gasteiger charge is 2.28. The molecule has 1 fully saturated rings. The Hall–Kier alpha value is -1.65. The van der Waals surface area contributed by atoms with Crippen molar-refractivity contribution in [3.8, 4) is 0 Å². The van der Waals surface area contributed by atoms with Gasteiger partial charge in [-0.1, -0.05) is 30.3 Å². The smallest absolute Gasteiger partial charge is 0.122 e. The molecule has 1 aliphatic rings. The minimum absolute atomic E-state index is 0.623. The third-order valence-electron chi connectivity index (χ3n) is 5.15. The minimum atomic E-state index is 0.623. The average molecular weight is 312 g/mol. The van der Waals surface area contributed by atoms with Crippen molar-refractivity contribution in [2.45, 2.75) is 44.9 Å². The highest BCUT2D eigenvalue weighted by molar-refractivity contribution is 5.14. The number of piperidine rings is 1. The highest BCUT2D eigenvalue weighted by Crippen LogP contribution is 2.23. The summed E-state index contributed by atoms with van der Waals surface area (Å²) in [6.45, 7) is 5.53. The fourth-order valence-electron chi connectivity index (χ4n) is 3.55. The lowest BCUT2D eigenvalue weighted by atomic mass is 9.96. The summed E-state index contributed by atoms with van der Waals surface area (Å²) in [6, 6.07) is 12.1. The van der Waals surface area contributed by atoms with E-state index in [1.165, 1.54) is 24.9 Å². The van der Waals surface area contributed by atoms with Gasteiger partial charge in [-0.25, -0.2) is 4.98 Å². The maximum atomic E-state index is 4.45.